The minimum Gasteiger partial charge on any atom is -0.423 e. The van der Waals surface area contributed by atoms with Gasteiger partial charge < -0.3 is 15.0 Å². The lowest BCUT2D eigenvalue weighted by atomic mass is 10.1. The molecule has 32 heavy (non-hydrogen) atoms. The number of nitrogens with zero attached hydrogens (tertiary/aromatic N) is 2. The third-order valence-electron chi connectivity index (χ3n) is 4.24. The van der Waals surface area contributed by atoms with E-state index in [1.807, 2.05) is 5.32 Å². The molecule has 1 amide bonds. The first kappa shape index (κ1) is 22.8. The number of halogens is 6. The summed E-state index contributed by atoms with van der Waals surface area (Å²) in [7, 11) is 0. The number of nitro benzene ring substituents is 1. The number of amides is 1. The number of esters is 1. The Labute approximate surface area is 174 Å². The van der Waals surface area contributed by atoms with Crippen LogP contribution >= 0.6 is 0 Å². The van der Waals surface area contributed by atoms with E-state index in [-0.39, 0.29) is 17.5 Å². The molecule has 0 aliphatic carbocycles. The van der Waals surface area contributed by atoms with E-state index < -0.39 is 64.7 Å². The number of hydrogen-bond donors (Lipinski definition) is 1. The molecule has 1 heterocycles. The van der Waals surface area contributed by atoms with Gasteiger partial charge in [-0.05, 0) is 24.3 Å². The average molecular weight is 463 g/mol. The number of fused-ring (bicyclic) bond motifs is 1. The van der Waals surface area contributed by atoms with Gasteiger partial charge in [-0.3, -0.25) is 14.9 Å². The molecule has 3 rings (SSSR count). The maximum atomic E-state index is 13.0. The van der Waals surface area contributed by atoms with Gasteiger partial charge in [-0.15, -0.1) is 0 Å². The molecule has 2 aromatic carbocycles. The Balaban J connectivity index is 1.85. The van der Waals surface area contributed by atoms with E-state index in [0.717, 1.165) is 17.0 Å². The molecule has 170 valence electrons. The third kappa shape index (κ3) is 5.07. The topological polar surface area (TPSA) is 102 Å². The Morgan fingerprint density at radius 3 is 2.19 bits per heavy atom. The summed E-state index contributed by atoms with van der Waals surface area (Å²) in [6.45, 7) is -1.13. The second-order valence-corrected chi connectivity index (χ2v) is 6.58. The fourth-order valence-corrected chi connectivity index (χ4v) is 2.90. The highest BCUT2D eigenvalue weighted by Gasteiger charge is 2.37. The van der Waals surface area contributed by atoms with Crippen molar-refractivity contribution in [3.63, 3.8) is 0 Å². The van der Waals surface area contributed by atoms with E-state index in [1.165, 1.54) is 6.07 Å². The van der Waals surface area contributed by atoms with Crippen molar-refractivity contribution in [3.8, 4) is 5.75 Å². The third-order valence-corrected chi connectivity index (χ3v) is 4.24. The van der Waals surface area contributed by atoms with Crippen LogP contribution in [-0.2, 0) is 21.9 Å². The number of nitro groups is 1. The van der Waals surface area contributed by atoms with Gasteiger partial charge in [0.2, 0.25) is 5.91 Å². The molecular formula is C18H11F6N3O5. The molecular weight excluding hydrogens is 452 g/mol. The smallest absolute Gasteiger partial charge is 0.416 e. The quantitative estimate of drug-likeness (QED) is 0.242. The normalized spacial score (nSPS) is 13.9. The Morgan fingerprint density at radius 2 is 1.66 bits per heavy atom. The minimum absolute atomic E-state index is 0.0839. The SMILES string of the molecule is O=C(CN1CC(=O)Oc2cc([N+](=O)[O-])ccc21)Nc1cc(C(F)(F)F)cc(C(F)(F)F)c1. The van der Waals surface area contributed by atoms with Crippen LogP contribution in [0.3, 0.4) is 0 Å². The highest BCUT2D eigenvalue weighted by atomic mass is 19.4. The largest absolute Gasteiger partial charge is 0.423 e. The van der Waals surface area contributed by atoms with Crippen molar-refractivity contribution in [1.82, 2.24) is 0 Å². The summed E-state index contributed by atoms with van der Waals surface area (Å²) in [5, 5.41) is 12.8. The van der Waals surface area contributed by atoms with Crippen LogP contribution in [0.15, 0.2) is 36.4 Å². The van der Waals surface area contributed by atoms with Gasteiger partial charge in [-0.1, -0.05) is 0 Å². The van der Waals surface area contributed by atoms with Crippen molar-refractivity contribution in [2.75, 3.05) is 23.3 Å². The molecule has 0 bridgehead atoms. The van der Waals surface area contributed by atoms with Crippen LogP contribution in [-0.4, -0.2) is 29.9 Å². The van der Waals surface area contributed by atoms with Crippen molar-refractivity contribution in [1.29, 1.82) is 0 Å². The Bertz CT molecular complexity index is 1070. The zero-order valence-corrected chi connectivity index (χ0v) is 15.6. The van der Waals surface area contributed by atoms with Crippen LogP contribution in [0, 0.1) is 10.1 Å². The second-order valence-electron chi connectivity index (χ2n) is 6.58. The molecule has 0 fully saturated rings. The van der Waals surface area contributed by atoms with Crippen molar-refractivity contribution < 1.29 is 45.6 Å². The van der Waals surface area contributed by atoms with Crippen molar-refractivity contribution in [3.05, 3.63) is 57.6 Å². The maximum absolute atomic E-state index is 13.0. The monoisotopic (exact) mass is 463 g/mol. The molecule has 0 radical (unpaired) electrons. The fraction of sp³-hybridized carbons (Fsp3) is 0.222. The van der Waals surface area contributed by atoms with E-state index in [0.29, 0.717) is 12.1 Å². The molecule has 2 aromatic rings. The van der Waals surface area contributed by atoms with Gasteiger partial charge >= 0.3 is 18.3 Å². The summed E-state index contributed by atoms with van der Waals surface area (Å²) < 4.78 is 82.6. The summed E-state index contributed by atoms with van der Waals surface area (Å²) >= 11 is 0. The minimum atomic E-state index is -5.09. The van der Waals surface area contributed by atoms with E-state index in [9.17, 15) is 46.0 Å². The summed E-state index contributed by atoms with van der Waals surface area (Å²) in [6.07, 6.45) is -10.2. The molecule has 0 spiro atoms. The molecule has 1 N–H and O–H groups in total. The molecule has 1 aliphatic heterocycles. The second kappa shape index (κ2) is 8.01. The number of rotatable bonds is 4. The zero-order chi connectivity index (χ0) is 23.8. The molecule has 0 unspecified atom stereocenters. The Hall–Kier alpha value is -3.84. The van der Waals surface area contributed by atoms with Crippen LogP contribution in [0.25, 0.3) is 0 Å². The number of nitrogens with one attached hydrogen (secondary N) is 1. The summed E-state index contributed by atoms with van der Waals surface area (Å²) in [5.74, 6) is -2.12. The van der Waals surface area contributed by atoms with Crippen molar-refractivity contribution >= 4 is 28.9 Å². The standard InChI is InChI=1S/C18H11F6N3O5/c19-17(20,21)9-3-10(18(22,23)24)5-11(4-9)25-15(28)7-26-8-16(29)32-14-6-12(27(30)31)1-2-13(14)26/h1-6H,7-8H2,(H,25,28). The van der Waals surface area contributed by atoms with Crippen LogP contribution in [0.1, 0.15) is 11.1 Å². The molecule has 0 atom stereocenters. The van der Waals surface area contributed by atoms with Gasteiger partial charge in [-0.25, -0.2) is 4.79 Å². The van der Waals surface area contributed by atoms with E-state index >= 15 is 0 Å². The van der Waals surface area contributed by atoms with Crippen molar-refractivity contribution in [2.24, 2.45) is 0 Å². The molecule has 1 aliphatic rings. The predicted octanol–water partition coefficient (Wildman–Crippen LogP) is 4.00. The number of carbonyl (C=O) groups is 2. The number of anilines is 2. The van der Waals surface area contributed by atoms with Crippen LogP contribution in [0.2, 0.25) is 0 Å². The number of alkyl halides is 6. The van der Waals surface area contributed by atoms with Crippen LogP contribution < -0.4 is 15.0 Å². The van der Waals surface area contributed by atoms with Gasteiger partial charge in [-0.2, -0.15) is 26.3 Å². The lowest BCUT2D eigenvalue weighted by Crippen LogP contribution is -2.41. The number of hydrogen-bond acceptors (Lipinski definition) is 6. The maximum Gasteiger partial charge on any atom is 0.416 e. The Kier molecular flexibility index (Phi) is 5.72. The van der Waals surface area contributed by atoms with Gasteiger partial charge in [0.05, 0.1) is 34.3 Å². The van der Waals surface area contributed by atoms with Gasteiger partial charge in [0.15, 0.2) is 5.75 Å². The number of carbonyl (C=O) groups excluding carboxylic acids is 2. The molecule has 0 saturated carbocycles. The number of ether oxygens (including phenoxy) is 1. The predicted molar refractivity (Wildman–Crippen MR) is 96.0 cm³/mol. The molecule has 8 nitrogen and oxygen atoms in total. The average Bonchev–Trinajstić information content (AvgIpc) is 2.65. The number of non-ortho nitro benzene ring substituents is 1. The van der Waals surface area contributed by atoms with E-state index in [2.05, 4.69) is 0 Å². The van der Waals surface area contributed by atoms with Gasteiger partial charge in [0.1, 0.15) is 6.54 Å². The summed E-state index contributed by atoms with van der Waals surface area (Å²) in [5.41, 5.74) is -4.26. The molecule has 0 saturated heterocycles. The summed E-state index contributed by atoms with van der Waals surface area (Å²) in [4.78, 5) is 35.3. The first-order valence-corrected chi connectivity index (χ1v) is 8.57. The first-order chi connectivity index (χ1) is 14.7. The molecule has 14 heteroatoms. The summed E-state index contributed by atoms with van der Waals surface area (Å²) in [6, 6.07) is 3.81. The lowest BCUT2D eigenvalue weighted by Gasteiger charge is -2.29. The van der Waals surface area contributed by atoms with Crippen LogP contribution in [0.4, 0.5) is 43.4 Å². The fourth-order valence-electron chi connectivity index (χ4n) is 2.90. The van der Waals surface area contributed by atoms with E-state index in [1.54, 1.807) is 0 Å². The Morgan fingerprint density at radius 1 is 1.06 bits per heavy atom. The lowest BCUT2D eigenvalue weighted by molar-refractivity contribution is -0.384. The number of benzene rings is 2. The zero-order valence-electron chi connectivity index (χ0n) is 15.6. The molecule has 0 aromatic heterocycles. The van der Waals surface area contributed by atoms with Gasteiger partial charge in [0.25, 0.3) is 5.69 Å². The van der Waals surface area contributed by atoms with Crippen LogP contribution in [0.5, 0.6) is 5.75 Å². The van der Waals surface area contributed by atoms with Gasteiger partial charge in [0, 0.05) is 11.8 Å². The highest BCUT2D eigenvalue weighted by molar-refractivity contribution is 5.96. The van der Waals surface area contributed by atoms with Crippen molar-refractivity contribution in [2.45, 2.75) is 12.4 Å². The highest BCUT2D eigenvalue weighted by Crippen LogP contribution is 2.38. The van der Waals surface area contributed by atoms with E-state index in [4.69, 9.17) is 4.74 Å². The first-order valence-electron chi connectivity index (χ1n) is 8.57.